The average molecular weight is 243 g/mol. The second-order valence-electron chi connectivity index (χ2n) is 3.75. The zero-order valence-electron chi connectivity index (χ0n) is 10.1. The van der Waals surface area contributed by atoms with Crippen molar-refractivity contribution >= 4 is 11.5 Å². The SMILES string of the molecule is C/C(=N/Nc1nc(=O)[nH]nc1C)c1ccccc1. The molecule has 1 heterocycles. The van der Waals surface area contributed by atoms with Crippen molar-refractivity contribution in [3.05, 3.63) is 52.1 Å². The van der Waals surface area contributed by atoms with Crippen molar-refractivity contribution in [3.63, 3.8) is 0 Å². The van der Waals surface area contributed by atoms with Gasteiger partial charge in [-0.05, 0) is 19.4 Å². The number of nitrogens with one attached hydrogen (secondary N) is 2. The molecule has 0 aliphatic rings. The van der Waals surface area contributed by atoms with Gasteiger partial charge in [-0.1, -0.05) is 30.3 Å². The molecule has 0 spiro atoms. The number of nitrogens with zero attached hydrogens (tertiary/aromatic N) is 3. The van der Waals surface area contributed by atoms with Gasteiger partial charge in [-0.3, -0.25) is 5.43 Å². The van der Waals surface area contributed by atoms with E-state index >= 15 is 0 Å². The van der Waals surface area contributed by atoms with Crippen molar-refractivity contribution < 1.29 is 0 Å². The van der Waals surface area contributed by atoms with Crippen LogP contribution in [0.5, 0.6) is 0 Å². The van der Waals surface area contributed by atoms with E-state index in [-0.39, 0.29) is 0 Å². The topological polar surface area (TPSA) is 83.0 Å². The quantitative estimate of drug-likeness (QED) is 0.629. The number of rotatable bonds is 3. The lowest BCUT2D eigenvalue weighted by Crippen LogP contribution is -2.16. The summed E-state index contributed by atoms with van der Waals surface area (Å²) in [5.41, 5.74) is 4.63. The monoisotopic (exact) mass is 243 g/mol. The molecule has 0 saturated heterocycles. The Labute approximate surface area is 104 Å². The Hall–Kier alpha value is -2.50. The minimum Gasteiger partial charge on any atom is -0.259 e. The molecular weight excluding hydrogens is 230 g/mol. The molecule has 0 bridgehead atoms. The van der Waals surface area contributed by atoms with E-state index in [0.717, 1.165) is 11.3 Å². The molecule has 2 rings (SSSR count). The largest absolute Gasteiger partial charge is 0.363 e. The molecule has 0 saturated carbocycles. The number of hydrogen-bond acceptors (Lipinski definition) is 5. The van der Waals surface area contributed by atoms with Gasteiger partial charge in [0.15, 0.2) is 5.82 Å². The first kappa shape index (κ1) is 12.0. The van der Waals surface area contributed by atoms with Crippen molar-refractivity contribution in [2.24, 2.45) is 5.10 Å². The van der Waals surface area contributed by atoms with Crippen LogP contribution in [-0.4, -0.2) is 20.9 Å². The highest BCUT2D eigenvalue weighted by molar-refractivity contribution is 5.98. The standard InChI is InChI=1S/C12H13N5O/c1-8(10-6-4-3-5-7-10)14-16-11-9(2)15-17-12(18)13-11/h3-7H,1-2H3,(H2,13,16,17,18)/b14-8-. The van der Waals surface area contributed by atoms with Crippen molar-refractivity contribution in [1.29, 1.82) is 0 Å². The van der Waals surface area contributed by atoms with Gasteiger partial charge in [0.1, 0.15) is 5.69 Å². The van der Waals surface area contributed by atoms with E-state index in [1.54, 1.807) is 6.92 Å². The van der Waals surface area contributed by atoms with E-state index in [1.807, 2.05) is 37.3 Å². The van der Waals surface area contributed by atoms with E-state index in [1.165, 1.54) is 0 Å². The molecule has 0 atom stereocenters. The Balaban J connectivity index is 2.20. The third-order valence-corrected chi connectivity index (χ3v) is 2.40. The molecule has 2 N–H and O–H groups in total. The summed E-state index contributed by atoms with van der Waals surface area (Å²) < 4.78 is 0. The predicted octanol–water partition coefficient (Wildman–Crippen LogP) is 1.31. The second-order valence-corrected chi connectivity index (χ2v) is 3.75. The summed E-state index contributed by atoms with van der Waals surface area (Å²) in [5, 5.41) is 10.2. The minimum absolute atomic E-state index is 0.356. The van der Waals surface area contributed by atoms with Crippen molar-refractivity contribution in [3.8, 4) is 0 Å². The summed E-state index contributed by atoms with van der Waals surface area (Å²) >= 11 is 0. The van der Waals surface area contributed by atoms with Gasteiger partial charge >= 0.3 is 5.69 Å². The fraction of sp³-hybridized carbons (Fsp3) is 0.167. The van der Waals surface area contributed by atoms with Crippen LogP contribution < -0.4 is 11.1 Å². The number of aromatic amines is 1. The maximum absolute atomic E-state index is 11.0. The fourth-order valence-corrected chi connectivity index (χ4v) is 1.38. The summed E-state index contributed by atoms with van der Waals surface area (Å²) in [6.45, 7) is 3.61. The first-order valence-electron chi connectivity index (χ1n) is 5.46. The van der Waals surface area contributed by atoms with E-state index in [4.69, 9.17) is 0 Å². The van der Waals surface area contributed by atoms with E-state index in [0.29, 0.717) is 11.5 Å². The van der Waals surface area contributed by atoms with E-state index in [2.05, 4.69) is 25.7 Å². The molecule has 0 amide bonds. The maximum atomic E-state index is 11.0. The first-order valence-corrected chi connectivity index (χ1v) is 5.46. The molecule has 18 heavy (non-hydrogen) atoms. The van der Waals surface area contributed by atoms with Crippen LogP contribution >= 0.6 is 0 Å². The van der Waals surface area contributed by atoms with Crippen LogP contribution in [0.3, 0.4) is 0 Å². The zero-order valence-corrected chi connectivity index (χ0v) is 10.1. The summed E-state index contributed by atoms with van der Waals surface area (Å²) in [5.74, 6) is 0.356. The number of H-pyrrole nitrogens is 1. The highest BCUT2D eigenvalue weighted by atomic mass is 16.1. The van der Waals surface area contributed by atoms with Crippen LogP contribution in [0, 0.1) is 6.92 Å². The van der Waals surface area contributed by atoms with Gasteiger partial charge in [0.25, 0.3) is 0 Å². The summed E-state index contributed by atoms with van der Waals surface area (Å²) in [4.78, 5) is 14.8. The minimum atomic E-state index is -0.504. The molecule has 0 aliphatic carbocycles. The highest BCUT2D eigenvalue weighted by Gasteiger charge is 2.01. The van der Waals surface area contributed by atoms with Gasteiger partial charge in [-0.2, -0.15) is 15.2 Å². The van der Waals surface area contributed by atoms with Crippen LogP contribution in [0.2, 0.25) is 0 Å². The molecular formula is C12H13N5O. The summed E-state index contributed by atoms with van der Waals surface area (Å²) in [6, 6.07) is 9.73. The van der Waals surface area contributed by atoms with Gasteiger partial charge in [-0.15, -0.1) is 0 Å². The van der Waals surface area contributed by atoms with Crippen LogP contribution in [0.15, 0.2) is 40.2 Å². The number of hydrogen-bond donors (Lipinski definition) is 2. The van der Waals surface area contributed by atoms with Gasteiger partial charge in [0.2, 0.25) is 0 Å². The normalized spacial score (nSPS) is 11.3. The van der Waals surface area contributed by atoms with Crippen molar-refractivity contribution in [2.45, 2.75) is 13.8 Å². The predicted molar refractivity (Wildman–Crippen MR) is 69.7 cm³/mol. The lowest BCUT2D eigenvalue weighted by molar-refractivity contribution is 0.879. The second kappa shape index (κ2) is 5.22. The molecule has 6 heteroatoms. The Morgan fingerprint density at radius 2 is 2.06 bits per heavy atom. The molecule has 0 unspecified atom stereocenters. The number of anilines is 1. The average Bonchev–Trinajstić information content (AvgIpc) is 2.40. The molecule has 0 fully saturated rings. The van der Waals surface area contributed by atoms with Crippen LogP contribution in [0.1, 0.15) is 18.2 Å². The van der Waals surface area contributed by atoms with E-state index < -0.39 is 5.69 Å². The number of aryl methyl sites for hydroxylation is 1. The number of aromatic nitrogens is 3. The molecule has 1 aromatic carbocycles. The van der Waals surface area contributed by atoms with Gasteiger partial charge in [0, 0.05) is 0 Å². The highest BCUT2D eigenvalue weighted by Crippen LogP contribution is 2.05. The molecule has 1 aromatic heterocycles. The Morgan fingerprint density at radius 3 is 2.78 bits per heavy atom. The lowest BCUT2D eigenvalue weighted by atomic mass is 10.1. The van der Waals surface area contributed by atoms with Gasteiger partial charge in [0.05, 0.1) is 5.71 Å². The Morgan fingerprint density at radius 1 is 1.33 bits per heavy atom. The number of benzene rings is 1. The van der Waals surface area contributed by atoms with Crippen LogP contribution in [0.4, 0.5) is 5.82 Å². The number of hydrazone groups is 1. The van der Waals surface area contributed by atoms with Crippen LogP contribution in [0.25, 0.3) is 0 Å². The third-order valence-electron chi connectivity index (χ3n) is 2.40. The summed E-state index contributed by atoms with van der Waals surface area (Å²) in [6.07, 6.45) is 0. The molecule has 0 radical (unpaired) electrons. The maximum Gasteiger partial charge on any atom is 0.363 e. The third kappa shape index (κ3) is 2.79. The van der Waals surface area contributed by atoms with E-state index in [9.17, 15) is 4.79 Å². The van der Waals surface area contributed by atoms with Crippen molar-refractivity contribution in [2.75, 3.05) is 5.43 Å². The van der Waals surface area contributed by atoms with Gasteiger partial charge < -0.3 is 0 Å². The Bertz CT molecular complexity index is 618. The van der Waals surface area contributed by atoms with Gasteiger partial charge in [-0.25, -0.2) is 9.89 Å². The summed E-state index contributed by atoms with van der Waals surface area (Å²) in [7, 11) is 0. The van der Waals surface area contributed by atoms with Crippen molar-refractivity contribution in [1.82, 2.24) is 15.2 Å². The smallest absolute Gasteiger partial charge is 0.259 e. The first-order chi connectivity index (χ1) is 8.66. The molecule has 92 valence electrons. The zero-order chi connectivity index (χ0) is 13.0. The lowest BCUT2D eigenvalue weighted by Gasteiger charge is -2.03. The molecule has 6 nitrogen and oxygen atoms in total. The molecule has 0 aliphatic heterocycles. The van der Waals surface area contributed by atoms with Crippen LogP contribution in [-0.2, 0) is 0 Å². The molecule has 2 aromatic rings. The fourth-order valence-electron chi connectivity index (χ4n) is 1.38. The Kier molecular flexibility index (Phi) is 3.47.